The van der Waals surface area contributed by atoms with Gasteiger partial charge in [0.1, 0.15) is 6.10 Å². The third kappa shape index (κ3) is 4.17. The van der Waals surface area contributed by atoms with E-state index in [4.69, 9.17) is 9.57 Å². The van der Waals surface area contributed by atoms with Gasteiger partial charge in [0.2, 0.25) is 5.82 Å². The lowest BCUT2D eigenvalue weighted by molar-refractivity contribution is -0.196. The van der Waals surface area contributed by atoms with Gasteiger partial charge in [0.25, 0.3) is 5.91 Å². The molecule has 0 saturated carbocycles. The molecule has 2 atom stereocenters. The Labute approximate surface area is 145 Å². The van der Waals surface area contributed by atoms with Gasteiger partial charge < -0.3 is 9.26 Å². The summed E-state index contributed by atoms with van der Waals surface area (Å²) in [5.74, 6) is -1.96. The van der Waals surface area contributed by atoms with E-state index in [1.807, 2.05) is 0 Å². The van der Waals surface area contributed by atoms with Crippen molar-refractivity contribution in [3.63, 3.8) is 0 Å². The third-order valence-corrected chi connectivity index (χ3v) is 4.65. The maximum absolute atomic E-state index is 12.5. The van der Waals surface area contributed by atoms with Crippen LogP contribution in [0, 0.1) is 0 Å². The summed E-state index contributed by atoms with van der Waals surface area (Å²) in [6.07, 6.45) is -5.40. The van der Waals surface area contributed by atoms with E-state index >= 15 is 0 Å². The normalized spacial score (nSPS) is 14.4. The molecule has 0 bridgehead atoms. The SMILES string of the molecule is COC(C)C(=O)N(OC)C(C)c1ccc(-c2noc(C(F)(F)F)n2)s1. The molecule has 2 aromatic heterocycles. The number of aromatic nitrogens is 2. The van der Waals surface area contributed by atoms with Crippen molar-refractivity contribution in [2.45, 2.75) is 32.2 Å². The van der Waals surface area contributed by atoms with Crippen molar-refractivity contribution in [2.75, 3.05) is 14.2 Å². The fourth-order valence-electron chi connectivity index (χ4n) is 1.97. The highest BCUT2D eigenvalue weighted by molar-refractivity contribution is 7.15. The molecule has 2 rings (SSSR count). The molecule has 25 heavy (non-hydrogen) atoms. The first-order chi connectivity index (χ1) is 11.7. The van der Waals surface area contributed by atoms with Crippen molar-refractivity contribution in [3.05, 3.63) is 22.9 Å². The summed E-state index contributed by atoms with van der Waals surface area (Å²) < 4.78 is 46.8. The average molecular weight is 379 g/mol. The van der Waals surface area contributed by atoms with Crippen molar-refractivity contribution < 1.29 is 32.1 Å². The molecule has 7 nitrogen and oxygen atoms in total. The van der Waals surface area contributed by atoms with Crippen molar-refractivity contribution >= 4 is 17.2 Å². The van der Waals surface area contributed by atoms with Gasteiger partial charge in [-0.25, -0.2) is 5.06 Å². The summed E-state index contributed by atoms with van der Waals surface area (Å²) in [5.41, 5.74) is 0. The van der Waals surface area contributed by atoms with Crippen molar-refractivity contribution in [3.8, 4) is 10.7 Å². The molecule has 0 radical (unpaired) electrons. The van der Waals surface area contributed by atoms with Crippen LogP contribution in [0.2, 0.25) is 0 Å². The van der Waals surface area contributed by atoms with Crippen LogP contribution in [0.3, 0.4) is 0 Å². The molecule has 0 aliphatic heterocycles. The highest BCUT2D eigenvalue weighted by Crippen LogP contribution is 2.35. The number of rotatable bonds is 6. The van der Waals surface area contributed by atoms with E-state index in [0.717, 1.165) is 16.4 Å². The minimum Gasteiger partial charge on any atom is -0.372 e. The Hall–Kier alpha value is -1.98. The second-order valence-corrected chi connectivity index (χ2v) is 6.14. The Kier molecular flexibility index (Phi) is 5.80. The standard InChI is InChI=1S/C14H16F3N3O4S/c1-7(20(23-4)12(21)8(2)22-3)9-5-6-10(25-9)11-18-13(24-19-11)14(15,16)17/h5-8H,1-4H3. The number of carbonyl (C=O) groups excluding carboxylic acids is 1. The Morgan fingerprint density at radius 3 is 2.52 bits per heavy atom. The number of hydrogen-bond donors (Lipinski definition) is 0. The molecule has 0 aliphatic carbocycles. The lowest BCUT2D eigenvalue weighted by Gasteiger charge is -2.27. The first-order valence-corrected chi connectivity index (χ1v) is 7.91. The number of methoxy groups -OCH3 is 1. The fraction of sp³-hybridized carbons (Fsp3) is 0.500. The first-order valence-electron chi connectivity index (χ1n) is 7.10. The van der Waals surface area contributed by atoms with Crippen LogP contribution < -0.4 is 0 Å². The maximum atomic E-state index is 12.5. The van der Waals surface area contributed by atoms with Crippen LogP contribution in [0.1, 0.15) is 30.7 Å². The topological polar surface area (TPSA) is 77.7 Å². The molecule has 2 unspecified atom stereocenters. The monoisotopic (exact) mass is 379 g/mol. The van der Waals surface area contributed by atoms with Crippen LogP contribution in [-0.4, -0.2) is 41.4 Å². The highest BCUT2D eigenvalue weighted by Gasteiger charge is 2.38. The molecular formula is C14H16F3N3O4S. The Bertz CT molecular complexity index is 731. The van der Waals surface area contributed by atoms with Crippen molar-refractivity contribution in [2.24, 2.45) is 0 Å². The van der Waals surface area contributed by atoms with E-state index in [2.05, 4.69) is 14.7 Å². The van der Waals surface area contributed by atoms with E-state index in [9.17, 15) is 18.0 Å². The molecule has 0 fully saturated rings. The molecule has 0 spiro atoms. The zero-order chi connectivity index (χ0) is 18.8. The molecule has 2 aromatic rings. The Balaban J connectivity index is 2.22. The van der Waals surface area contributed by atoms with Crippen LogP contribution in [0.4, 0.5) is 13.2 Å². The number of thiophene rings is 1. The summed E-state index contributed by atoms with van der Waals surface area (Å²) in [7, 11) is 2.75. The van der Waals surface area contributed by atoms with Gasteiger partial charge in [-0.05, 0) is 26.0 Å². The van der Waals surface area contributed by atoms with Gasteiger partial charge in [0.05, 0.1) is 18.0 Å². The molecule has 0 N–H and O–H groups in total. The number of hydroxylamine groups is 2. The zero-order valence-corrected chi connectivity index (χ0v) is 14.6. The molecule has 11 heteroatoms. The van der Waals surface area contributed by atoms with Crippen LogP contribution in [0.15, 0.2) is 16.7 Å². The third-order valence-electron chi connectivity index (χ3n) is 3.39. The van der Waals surface area contributed by atoms with Gasteiger partial charge in [-0.1, -0.05) is 5.16 Å². The minimum atomic E-state index is -4.70. The van der Waals surface area contributed by atoms with Gasteiger partial charge in [0, 0.05) is 12.0 Å². The van der Waals surface area contributed by atoms with Crippen LogP contribution in [0.5, 0.6) is 0 Å². The molecule has 2 heterocycles. The van der Waals surface area contributed by atoms with Crippen molar-refractivity contribution in [1.82, 2.24) is 15.2 Å². The largest absolute Gasteiger partial charge is 0.471 e. The molecule has 0 aliphatic rings. The number of alkyl halides is 3. The maximum Gasteiger partial charge on any atom is 0.471 e. The van der Waals surface area contributed by atoms with Crippen LogP contribution >= 0.6 is 11.3 Å². The summed E-state index contributed by atoms with van der Waals surface area (Å²) in [4.78, 5) is 21.7. The highest BCUT2D eigenvalue weighted by atomic mass is 32.1. The second kappa shape index (κ2) is 7.50. The number of halogens is 3. The fourth-order valence-corrected chi connectivity index (χ4v) is 2.94. The molecule has 138 valence electrons. The van der Waals surface area contributed by atoms with Crippen molar-refractivity contribution in [1.29, 1.82) is 0 Å². The average Bonchev–Trinajstić information content (AvgIpc) is 3.22. The number of amides is 1. The Morgan fingerprint density at radius 2 is 2.00 bits per heavy atom. The van der Waals surface area contributed by atoms with Crippen LogP contribution in [0.25, 0.3) is 10.7 Å². The second-order valence-electron chi connectivity index (χ2n) is 5.02. The smallest absolute Gasteiger partial charge is 0.372 e. The van der Waals surface area contributed by atoms with Gasteiger partial charge in [-0.3, -0.25) is 9.63 Å². The van der Waals surface area contributed by atoms with Gasteiger partial charge in [-0.2, -0.15) is 18.2 Å². The van der Waals surface area contributed by atoms with E-state index in [-0.39, 0.29) is 11.7 Å². The predicted octanol–water partition coefficient (Wildman–Crippen LogP) is 3.30. The molecule has 0 aromatic carbocycles. The first kappa shape index (κ1) is 19.3. The van der Waals surface area contributed by atoms with E-state index in [1.54, 1.807) is 26.0 Å². The van der Waals surface area contributed by atoms with E-state index < -0.39 is 24.2 Å². The van der Waals surface area contributed by atoms with E-state index in [1.165, 1.54) is 14.2 Å². The zero-order valence-electron chi connectivity index (χ0n) is 13.8. The number of hydrogen-bond acceptors (Lipinski definition) is 7. The Morgan fingerprint density at radius 1 is 1.32 bits per heavy atom. The number of ether oxygens (including phenoxy) is 1. The lowest BCUT2D eigenvalue weighted by Crippen LogP contribution is -2.39. The summed E-state index contributed by atoms with van der Waals surface area (Å²) >= 11 is 1.13. The molecule has 0 saturated heterocycles. The quantitative estimate of drug-likeness (QED) is 0.717. The van der Waals surface area contributed by atoms with Gasteiger partial charge >= 0.3 is 12.1 Å². The van der Waals surface area contributed by atoms with E-state index in [0.29, 0.717) is 9.75 Å². The predicted molar refractivity (Wildman–Crippen MR) is 81.4 cm³/mol. The summed E-state index contributed by atoms with van der Waals surface area (Å²) in [6, 6.07) is 2.73. The lowest BCUT2D eigenvalue weighted by atomic mass is 10.2. The summed E-state index contributed by atoms with van der Waals surface area (Å²) in [6.45, 7) is 3.30. The molecular weight excluding hydrogens is 363 g/mol. The number of carbonyl (C=O) groups is 1. The number of nitrogens with zero attached hydrogens (tertiary/aromatic N) is 3. The molecule has 1 amide bonds. The van der Waals surface area contributed by atoms with Gasteiger partial charge in [-0.15, -0.1) is 11.3 Å². The summed E-state index contributed by atoms with van der Waals surface area (Å²) in [5, 5.41) is 4.48. The minimum absolute atomic E-state index is 0.170. The van der Waals surface area contributed by atoms with Crippen LogP contribution in [-0.2, 0) is 20.5 Å². The van der Waals surface area contributed by atoms with Gasteiger partial charge in [0.15, 0.2) is 0 Å².